The van der Waals surface area contributed by atoms with Crippen molar-refractivity contribution in [3.63, 3.8) is 0 Å². The van der Waals surface area contributed by atoms with Gasteiger partial charge >= 0.3 is 22.4 Å². The third kappa shape index (κ3) is 10.9. The summed E-state index contributed by atoms with van der Waals surface area (Å²) in [5.41, 5.74) is 2.25. The van der Waals surface area contributed by atoms with E-state index in [0.717, 1.165) is 0 Å². The Morgan fingerprint density at radius 1 is 1.86 bits per heavy atom. The maximum Gasteiger partial charge on any atom is 1.00 e. The molecule has 5 heteroatoms. The van der Waals surface area contributed by atoms with E-state index in [1.54, 1.807) is 0 Å². The third-order valence-corrected chi connectivity index (χ3v) is 0.352. The van der Waals surface area contributed by atoms with Crippen LogP contribution in [-0.2, 0) is 39.8 Å². The molecule has 0 heterocycles. The second-order valence-corrected chi connectivity index (χ2v) is 1.67. The van der Waals surface area contributed by atoms with Gasteiger partial charge in [-0.05, 0) is 4.32 Å². The molecule has 0 aromatic carbocycles. The van der Waals surface area contributed by atoms with Crippen LogP contribution in [0, 0.1) is 0 Å². The van der Waals surface area contributed by atoms with E-state index < -0.39 is 0 Å². The Morgan fingerprint density at radius 2 is 2.29 bits per heavy atom. The van der Waals surface area contributed by atoms with Gasteiger partial charge in [-0.2, -0.15) is 0 Å². The van der Waals surface area contributed by atoms with E-state index >= 15 is 0 Å². The Balaban J connectivity index is 0. The van der Waals surface area contributed by atoms with Gasteiger partial charge in [-0.3, -0.25) is 10.3 Å². The second kappa shape index (κ2) is 6.81. The second-order valence-electron chi connectivity index (χ2n) is 0.594. The van der Waals surface area contributed by atoms with Crippen LogP contribution in [0.25, 0.3) is 0 Å². The van der Waals surface area contributed by atoms with Crippen molar-refractivity contribution >= 4 is 29.2 Å². The van der Waals surface area contributed by atoms with Gasteiger partial charge in [0.05, 0.1) is 7.11 Å². The van der Waals surface area contributed by atoms with Crippen molar-refractivity contribution in [1.82, 2.24) is 5.48 Å². The Hall–Kier alpha value is 0.810. The molecule has 7 heavy (non-hydrogen) atoms. The average molecular weight is 230 g/mol. The fraction of sp³-hybridized carbons (Fsp3) is 0.500. The first-order valence-electron chi connectivity index (χ1n) is 1.27. The molecule has 0 atom stereocenters. The van der Waals surface area contributed by atoms with Crippen LogP contribution >= 0.6 is 12.2 Å². The van der Waals surface area contributed by atoms with Gasteiger partial charge < -0.3 is 24.8 Å². The van der Waals surface area contributed by atoms with E-state index in [1.807, 2.05) is 0 Å². The van der Waals surface area contributed by atoms with E-state index in [-0.39, 0.29) is 26.7 Å². The van der Waals surface area contributed by atoms with Crippen molar-refractivity contribution in [3.05, 3.63) is 0 Å². The van der Waals surface area contributed by atoms with E-state index in [9.17, 15) is 0 Å². The summed E-state index contributed by atoms with van der Waals surface area (Å²) in [4.78, 5) is 4.31. The van der Waals surface area contributed by atoms with E-state index in [1.165, 1.54) is 7.11 Å². The molecule has 1 N–H and O–H groups in total. The van der Waals surface area contributed by atoms with Crippen molar-refractivity contribution in [3.8, 4) is 0 Å². The molecule has 0 aliphatic rings. The maximum atomic E-state index is 4.37. The molecular weight excluding hydrogens is 226 g/mol. The van der Waals surface area contributed by atoms with Crippen molar-refractivity contribution in [2.24, 2.45) is 0 Å². The Bertz CT molecular complexity index is 59.7. The van der Waals surface area contributed by atoms with Crippen molar-refractivity contribution in [1.29, 1.82) is 0 Å². The van der Waals surface area contributed by atoms with E-state index in [4.69, 9.17) is 0 Å². The molecule has 0 fully saturated rings. The summed E-state index contributed by atoms with van der Waals surface area (Å²) in [5.74, 6) is 0. The van der Waals surface area contributed by atoms with Crippen molar-refractivity contribution in [2.45, 2.75) is 0 Å². The number of rotatable bonds is 1. The van der Waals surface area contributed by atoms with Gasteiger partial charge in [-0.25, -0.2) is 0 Å². The fourth-order valence-corrected chi connectivity index (χ4v) is 0.250. The molecule has 0 saturated carbocycles. The van der Waals surface area contributed by atoms with Gasteiger partial charge in [0.15, 0.2) is 0 Å². The first kappa shape index (κ1) is 10.7. The molecule has 0 saturated heterocycles. The summed E-state index contributed by atoms with van der Waals surface area (Å²) in [6.07, 6.45) is 0. The van der Waals surface area contributed by atoms with Gasteiger partial charge in [0.2, 0.25) is 0 Å². The minimum absolute atomic E-state index is 0. The molecule has 0 bridgehead atoms. The quantitative estimate of drug-likeness (QED) is 0.295. The normalized spacial score (nSPS) is 6.43. The molecule has 0 aliphatic heterocycles. The third-order valence-electron chi connectivity index (χ3n) is 0.185. The van der Waals surface area contributed by atoms with Crippen LogP contribution in [-0.4, -0.2) is 11.4 Å². The topological polar surface area (TPSA) is 21.3 Å². The molecule has 0 radical (unpaired) electrons. The maximum absolute atomic E-state index is 4.37. The molecule has 0 aromatic heterocycles. The summed E-state index contributed by atoms with van der Waals surface area (Å²) in [6.45, 7) is 0. The van der Waals surface area contributed by atoms with Gasteiger partial charge in [-0.1, -0.05) is 0 Å². The molecule has 0 amide bonds. The summed E-state index contributed by atoms with van der Waals surface area (Å²) >= 11 is 8.75. The molecule has 0 aliphatic carbocycles. The fourth-order valence-electron chi connectivity index (χ4n) is 0.0833. The van der Waals surface area contributed by atoms with Crippen LogP contribution in [0.4, 0.5) is 0 Å². The number of hydroxylamine groups is 1. The monoisotopic (exact) mass is 229 g/mol. The number of hydrogen-bond acceptors (Lipinski definition) is 3. The number of thiocarbonyl (C=S) groups is 1. The summed E-state index contributed by atoms with van der Waals surface area (Å²) in [5, 5.41) is 0. The van der Waals surface area contributed by atoms with Crippen LogP contribution in [0.15, 0.2) is 0 Å². The summed E-state index contributed by atoms with van der Waals surface area (Å²) < 4.78 is 0.234. The van der Waals surface area contributed by atoms with Crippen LogP contribution < -0.4 is 5.48 Å². The Kier molecular flexibility index (Phi) is 10.4. The smallest absolute Gasteiger partial charge is 0.409 e. The Labute approximate surface area is 68.9 Å². The largest absolute Gasteiger partial charge is 1.00 e. The molecule has 0 unspecified atom stereocenters. The average Bonchev–Trinajstić information content (AvgIpc) is 1.35. The minimum Gasteiger partial charge on any atom is -0.409 e. The standard InChI is InChI=1S/C2H5NOS2.Ag/c1-4-3-2(5)6;/h1H3,(H2,3,5,6);/q;+1/p-1. The van der Waals surface area contributed by atoms with Crippen LogP contribution in [0.1, 0.15) is 0 Å². The molecule has 0 rings (SSSR count). The summed E-state index contributed by atoms with van der Waals surface area (Å²) in [6, 6.07) is 0. The summed E-state index contributed by atoms with van der Waals surface area (Å²) in [7, 11) is 1.46. The minimum atomic E-state index is 0. The van der Waals surface area contributed by atoms with Crippen molar-refractivity contribution < 1.29 is 27.2 Å². The van der Waals surface area contributed by atoms with Gasteiger partial charge in [-0.15, -0.1) is 0 Å². The SMILES string of the molecule is CONC(=S)[S-].[Ag+]. The predicted octanol–water partition coefficient (Wildman–Crippen LogP) is -0.0333. The van der Waals surface area contributed by atoms with Gasteiger partial charge in [0.1, 0.15) is 0 Å². The number of hydrogen-bond donors (Lipinski definition) is 1. The van der Waals surface area contributed by atoms with Crippen molar-refractivity contribution in [2.75, 3.05) is 7.11 Å². The molecule has 0 aromatic rings. The zero-order chi connectivity index (χ0) is 4.99. The predicted molar refractivity (Wildman–Crippen MR) is 30.1 cm³/mol. The zero-order valence-electron chi connectivity index (χ0n) is 3.53. The molecule has 46 valence electrons. The first-order valence-corrected chi connectivity index (χ1v) is 2.09. The van der Waals surface area contributed by atoms with Crippen LogP contribution in [0.2, 0.25) is 0 Å². The van der Waals surface area contributed by atoms with E-state index in [2.05, 4.69) is 35.2 Å². The molecular formula is C2H4AgNOS2. The Morgan fingerprint density at radius 3 is 2.29 bits per heavy atom. The molecule has 0 spiro atoms. The van der Waals surface area contributed by atoms with Crippen LogP contribution in [0.5, 0.6) is 0 Å². The van der Waals surface area contributed by atoms with Crippen LogP contribution in [0.3, 0.4) is 0 Å². The first-order chi connectivity index (χ1) is 2.77. The van der Waals surface area contributed by atoms with E-state index in [0.29, 0.717) is 0 Å². The molecule has 2 nitrogen and oxygen atoms in total. The zero-order valence-corrected chi connectivity index (χ0v) is 6.64. The number of nitrogens with one attached hydrogen (secondary N) is 1. The van der Waals surface area contributed by atoms with Gasteiger partial charge in [0.25, 0.3) is 0 Å². The van der Waals surface area contributed by atoms with Gasteiger partial charge in [0, 0.05) is 0 Å².